The highest BCUT2D eigenvalue weighted by Crippen LogP contribution is 2.27. The van der Waals surface area contributed by atoms with Gasteiger partial charge in [-0.3, -0.25) is 19.5 Å². The van der Waals surface area contributed by atoms with Gasteiger partial charge in [-0.25, -0.2) is 4.79 Å². The number of hydrogen-bond acceptors (Lipinski definition) is 7. The average Bonchev–Trinajstić information content (AvgIpc) is 3.26. The van der Waals surface area contributed by atoms with Gasteiger partial charge in [-0.05, 0) is 24.5 Å². The minimum absolute atomic E-state index is 0.0758. The Balaban J connectivity index is 1.56. The Morgan fingerprint density at radius 1 is 1.00 bits per heavy atom. The van der Waals surface area contributed by atoms with Gasteiger partial charge in [-0.1, -0.05) is 74.1 Å². The molecule has 2 N–H and O–H groups in total. The topological polar surface area (TPSA) is 115 Å². The van der Waals surface area contributed by atoms with Gasteiger partial charge in [0.05, 0.1) is 5.75 Å². The van der Waals surface area contributed by atoms with Gasteiger partial charge in [0.2, 0.25) is 0 Å². The molecule has 3 rings (SSSR count). The van der Waals surface area contributed by atoms with Crippen LogP contribution in [0, 0.1) is 5.92 Å². The number of para-hydroxylation sites is 1. The molecule has 0 aliphatic rings. The van der Waals surface area contributed by atoms with E-state index in [0.717, 1.165) is 29.4 Å². The zero-order valence-electron chi connectivity index (χ0n) is 19.1. The Morgan fingerprint density at radius 3 is 2.35 bits per heavy atom. The molecule has 0 saturated heterocycles. The summed E-state index contributed by atoms with van der Waals surface area (Å²) in [7, 11) is 0. The lowest BCUT2D eigenvalue weighted by Gasteiger charge is -2.10. The molecule has 0 spiro atoms. The summed E-state index contributed by atoms with van der Waals surface area (Å²) in [5, 5.41) is 13.8. The summed E-state index contributed by atoms with van der Waals surface area (Å²) in [5.41, 5.74) is 1.74. The number of esters is 1. The Morgan fingerprint density at radius 2 is 1.68 bits per heavy atom. The second-order valence-corrected chi connectivity index (χ2v) is 8.72. The summed E-state index contributed by atoms with van der Waals surface area (Å²) >= 11 is 1.15. The molecular formula is C24H27N5O4S. The number of imide groups is 1. The van der Waals surface area contributed by atoms with Crippen molar-refractivity contribution in [2.75, 3.05) is 18.9 Å². The number of carbonyl (C=O) groups excluding carboxylic acids is 3. The Kier molecular flexibility index (Phi) is 9.21. The van der Waals surface area contributed by atoms with Crippen molar-refractivity contribution in [2.24, 2.45) is 5.92 Å². The van der Waals surface area contributed by atoms with Crippen molar-refractivity contribution in [3.8, 4) is 17.1 Å². The number of amides is 3. The summed E-state index contributed by atoms with van der Waals surface area (Å²) in [4.78, 5) is 35.7. The van der Waals surface area contributed by atoms with E-state index in [-0.39, 0.29) is 5.75 Å². The van der Waals surface area contributed by atoms with E-state index in [4.69, 9.17) is 4.74 Å². The van der Waals surface area contributed by atoms with Crippen molar-refractivity contribution in [1.82, 2.24) is 25.4 Å². The van der Waals surface area contributed by atoms with Crippen LogP contribution in [-0.2, 0) is 14.3 Å². The second kappa shape index (κ2) is 12.5. The molecule has 0 bridgehead atoms. The zero-order valence-corrected chi connectivity index (χ0v) is 19.9. The molecule has 0 aliphatic heterocycles. The first kappa shape index (κ1) is 25.0. The predicted molar refractivity (Wildman–Crippen MR) is 129 cm³/mol. The molecule has 178 valence electrons. The summed E-state index contributed by atoms with van der Waals surface area (Å²) < 4.78 is 6.86. The van der Waals surface area contributed by atoms with Gasteiger partial charge in [0.1, 0.15) is 0 Å². The van der Waals surface area contributed by atoms with E-state index >= 15 is 0 Å². The molecule has 0 fully saturated rings. The van der Waals surface area contributed by atoms with Crippen molar-refractivity contribution in [1.29, 1.82) is 0 Å². The predicted octanol–water partition coefficient (Wildman–Crippen LogP) is 3.44. The van der Waals surface area contributed by atoms with Gasteiger partial charge in [0.25, 0.3) is 5.91 Å². The van der Waals surface area contributed by atoms with E-state index in [1.165, 1.54) is 0 Å². The van der Waals surface area contributed by atoms with Crippen molar-refractivity contribution >= 4 is 29.7 Å². The lowest BCUT2D eigenvalue weighted by atomic mass is 10.1. The van der Waals surface area contributed by atoms with E-state index in [2.05, 4.69) is 20.8 Å². The standard InChI is InChI=1S/C24H27N5O4S/c1-17(2)13-14-25-23(32)26-20(30)15-33-21(31)16-34-24-28-27-22(18-9-5-3-6-10-18)29(24)19-11-7-4-8-12-19/h3-12,17H,13-16H2,1-2H3,(H2,25,26,30,32). The molecule has 0 radical (unpaired) electrons. The second-order valence-electron chi connectivity index (χ2n) is 7.78. The van der Waals surface area contributed by atoms with Crippen molar-refractivity contribution in [3.05, 3.63) is 60.7 Å². The van der Waals surface area contributed by atoms with Crippen LogP contribution in [0.25, 0.3) is 17.1 Å². The molecule has 0 atom stereocenters. The highest BCUT2D eigenvalue weighted by atomic mass is 32.2. The molecule has 1 aromatic heterocycles. The monoisotopic (exact) mass is 481 g/mol. The lowest BCUT2D eigenvalue weighted by Crippen LogP contribution is -2.42. The van der Waals surface area contributed by atoms with Crippen LogP contribution in [0.4, 0.5) is 4.79 Å². The summed E-state index contributed by atoms with van der Waals surface area (Å²) in [6.45, 7) is 3.98. The molecule has 2 aromatic carbocycles. The fraction of sp³-hybridized carbons (Fsp3) is 0.292. The number of nitrogens with one attached hydrogen (secondary N) is 2. The SMILES string of the molecule is CC(C)CCNC(=O)NC(=O)COC(=O)CSc1nnc(-c2ccccc2)n1-c1ccccc1. The number of rotatable bonds is 10. The number of hydrogen-bond donors (Lipinski definition) is 2. The number of urea groups is 1. The van der Waals surface area contributed by atoms with E-state index in [1.54, 1.807) is 0 Å². The number of benzene rings is 2. The third-order valence-electron chi connectivity index (χ3n) is 4.62. The molecule has 1 heterocycles. The maximum atomic E-state index is 12.2. The van der Waals surface area contributed by atoms with E-state index in [1.807, 2.05) is 79.1 Å². The number of carbonyl (C=O) groups is 3. The fourth-order valence-corrected chi connectivity index (χ4v) is 3.69. The van der Waals surface area contributed by atoms with Crippen LogP contribution in [-0.4, -0.2) is 51.6 Å². The Bertz CT molecular complexity index is 1100. The minimum atomic E-state index is -0.695. The molecule has 3 aromatic rings. The maximum Gasteiger partial charge on any atom is 0.321 e. The zero-order chi connectivity index (χ0) is 24.3. The molecular weight excluding hydrogens is 454 g/mol. The van der Waals surface area contributed by atoms with Crippen LogP contribution in [0.1, 0.15) is 20.3 Å². The van der Waals surface area contributed by atoms with Crippen LogP contribution < -0.4 is 10.6 Å². The summed E-state index contributed by atoms with van der Waals surface area (Å²) in [6.07, 6.45) is 0.799. The summed E-state index contributed by atoms with van der Waals surface area (Å²) in [5.74, 6) is -0.298. The Hall–Kier alpha value is -3.66. The van der Waals surface area contributed by atoms with Gasteiger partial charge >= 0.3 is 12.0 Å². The highest BCUT2D eigenvalue weighted by Gasteiger charge is 2.18. The quantitative estimate of drug-likeness (QED) is 0.337. The number of nitrogens with zero attached hydrogens (tertiary/aromatic N) is 3. The molecule has 9 nitrogen and oxygen atoms in total. The fourth-order valence-electron chi connectivity index (χ4n) is 2.94. The van der Waals surface area contributed by atoms with Gasteiger partial charge in [0.15, 0.2) is 17.6 Å². The highest BCUT2D eigenvalue weighted by molar-refractivity contribution is 7.99. The molecule has 34 heavy (non-hydrogen) atoms. The van der Waals surface area contributed by atoms with Crippen LogP contribution in [0.5, 0.6) is 0 Å². The van der Waals surface area contributed by atoms with Crippen LogP contribution in [0.2, 0.25) is 0 Å². The minimum Gasteiger partial charge on any atom is -0.455 e. The van der Waals surface area contributed by atoms with Gasteiger partial charge in [-0.15, -0.1) is 10.2 Å². The molecule has 10 heteroatoms. The molecule has 0 saturated carbocycles. The van der Waals surface area contributed by atoms with E-state index in [9.17, 15) is 14.4 Å². The lowest BCUT2D eigenvalue weighted by molar-refractivity contribution is -0.145. The van der Waals surface area contributed by atoms with Crippen molar-refractivity contribution < 1.29 is 19.1 Å². The third-order valence-corrected chi connectivity index (χ3v) is 5.53. The molecule has 0 unspecified atom stereocenters. The maximum absolute atomic E-state index is 12.2. The average molecular weight is 482 g/mol. The van der Waals surface area contributed by atoms with Crippen molar-refractivity contribution in [3.63, 3.8) is 0 Å². The van der Waals surface area contributed by atoms with Crippen LogP contribution in [0.3, 0.4) is 0 Å². The normalized spacial score (nSPS) is 10.7. The molecule has 0 aliphatic carbocycles. The Labute approximate surface area is 202 Å². The van der Waals surface area contributed by atoms with Crippen LogP contribution >= 0.6 is 11.8 Å². The van der Waals surface area contributed by atoms with Gasteiger partial charge in [0, 0.05) is 17.8 Å². The first-order valence-electron chi connectivity index (χ1n) is 10.9. The third kappa shape index (κ3) is 7.45. The number of aromatic nitrogens is 3. The van der Waals surface area contributed by atoms with E-state index < -0.39 is 24.5 Å². The first-order valence-corrected chi connectivity index (χ1v) is 11.8. The largest absolute Gasteiger partial charge is 0.455 e. The number of ether oxygens (including phenoxy) is 1. The number of thioether (sulfide) groups is 1. The molecule has 3 amide bonds. The smallest absolute Gasteiger partial charge is 0.321 e. The first-order chi connectivity index (χ1) is 16.4. The van der Waals surface area contributed by atoms with E-state index in [0.29, 0.717) is 23.4 Å². The van der Waals surface area contributed by atoms with Crippen LogP contribution in [0.15, 0.2) is 65.8 Å². The summed E-state index contributed by atoms with van der Waals surface area (Å²) in [6, 6.07) is 18.6. The van der Waals surface area contributed by atoms with Crippen molar-refractivity contribution in [2.45, 2.75) is 25.4 Å². The van der Waals surface area contributed by atoms with Gasteiger partial charge in [-0.2, -0.15) is 0 Å². The van der Waals surface area contributed by atoms with Gasteiger partial charge < -0.3 is 10.1 Å².